The molecule has 2 heterocycles. The summed E-state index contributed by atoms with van der Waals surface area (Å²) in [6.07, 6.45) is 3.52. The maximum Gasteiger partial charge on any atom is 0.243 e. The molecule has 0 bridgehead atoms. The molecule has 33 heavy (non-hydrogen) atoms. The molecule has 7 N–H and O–H groups in total. The second kappa shape index (κ2) is 9.39. The van der Waals surface area contributed by atoms with Crippen LogP contribution in [0, 0.1) is 11.2 Å². The first kappa shape index (κ1) is 21.8. The molecule has 10 nitrogen and oxygen atoms in total. The highest BCUT2D eigenvalue weighted by Crippen LogP contribution is 2.41. The van der Waals surface area contributed by atoms with Gasteiger partial charge in [-0.05, 0) is 36.4 Å². The van der Waals surface area contributed by atoms with Crippen LogP contribution in [0.2, 0.25) is 0 Å². The van der Waals surface area contributed by atoms with Crippen LogP contribution in [0.25, 0.3) is 0 Å². The maximum absolute atomic E-state index is 15.6. The molecule has 4 rings (SSSR count). The highest BCUT2D eigenvalue weighted by molar-refractivity contribution is 5.95. The van der Waals surface area contributed by atoms with Crippen molar-refractivity contribution < 1.29 is 13.9 Å². The topological polar surface area (TPSA) is 157 Å². The van der Waals surface area contributed by atoms with Crippen molar-refractivity contribution in [2.24, 2.45) is 16.6 Å². The zero-order valence-electron chi connectivity index (χ0n) is 17.8. The molecule has 0 saturated carbocycles. The van der Waals surface area contributed by atoms with Crippen LogP contribution < -0.4 is 31.7 Å². The van der Waals surface area contributed by atoms with Crippen molar-refractivity contribution in [1.82, 2.24) is 9.97 Å². The van der Waals surface area contributed by atoms with Crippen LogP contribution >= 0.6 is 0 Å². The Kier molecular flexibility index (Phi) is 6.20. The van der Waals surface area contributed by atoms with Crippen molar-refractivity contribution in [3.05, 3.63) is 71.3 Å². The minimum Gasteiger partial charge on any atom is -0.493 e. The molecular weight excluding hydrogens is 427 g/mol. The summed E-state index contributed by atoms with van der Waals surface area (Å²) in [5.41, 5.74) is 16.4. The van der Waals surface area contributed by atoms with E-state index < -0.39 is 11.9 Å². The van der Waals surface area contributed by atoms with Gasteiger partial charge in [0.1, 0.15) is 23.5 Å². The lowest BCUT2D eigenvalue weighted by molar-refractivity contribution is 0.325. The summed E-state index contributed by atoms with van der Waals surface area (Å²) in [6, 6.07) is 9.14. The Morgan fingerprint density at radius 1 is 1.24 bits per heavy atom. The van der Waals surface area contributed by atoms with Crippen LogP contribution in [0.5, 0.6) is 11.5 Å². The molecule has 1 aromatic heterocycles. The van der Waals surface area contributed by atoms with E-state index in [1.165, 1.54) is 7.11 Å². The van der Waals surface area contributed by atoms with E-state index in [9.17, 15) is 0 Å². The van der Waals surface area contributed by atoms with Crippen molar-refractivity contribution >= 4 is 23.3 Å². The second-order valence-electron chi connectivity index (χ2n) is 7.18. The Labute approximate surface area is 189 Å². The third-order valence-corrected chi connectivity index (χ3v) is 5.09. The summed E-state index contributed by atoms with van der Waals surface area (Å²) < 4.78 is 26.5. The highest BCUT2D eigenvalue weighted by Gasteiger charge is 2.29. The third-order valence-electron chi connectivity index (χ3n) is 5.09. The van der Waals surface area contributed by atoms with Gasteiger partial charge >= 0.3 is 0 Å². The van der Waals surface area contributed by atoms with E-state index >= 15 is 4.39 Å². The molecule has 1 atom stereocenters. The third kappa shape index (κ3) is 4.61. The molecular formula is C22H23FN8O2. The molecule has 0 saturated heterocycles. The smallest absolute Gasteiger partial charge is 0.243 e. The predicted octanol–water partition coefficient (Wildman–Crippen LogP) is 2.38. The van der Waals surface area contributed by atoms with Gasteiger partial charge in [0.25, 0.3) is 0 Å². The monoisotopic (exact) mass is 450 g/mol. The standard InChI is InChI=1S/C22H23FN8O2/c1-32-16-11-15(17(23)14-7-10-33-19(14)16)18(21(26)30-31-22-27-8-2-9-28-22)29-13-5-3-12(4-6-13)20(24)25/h2-6,8-9,11,18,29H,7,10H2,1H3,(H3,24,25)(H2,26,30)(H,27,28,31). The summed E-state index contributed by atoms with van der Waals surface area (Å²) in [4.78, 5) is 8.07. The molecule has 0 spiro atoms. The van der Waals surface area contributed by atoms with Gasteiger partial charge in [-0.25, -0.2) is 19.8 Å². The number of fused-ring (bicyclic) bond motifs is 1. The number of anilines is 2. The Morgan fingerprint density at radius 3 is 2.64 bits per heavy atom. The number of hydrogen-bond acceptors (Lipinski definition) is 8. The van der Waals surface area contributed by atoms with Crippen LogP contribution in [0.4, 0.5) is 16.0 Å². The molecule has 1 unspecified atom stereocenters. The number of ether oxygens (including phenoxy) is 2. The van der Waals surface area contributed by atoms with Crippen molar-refractivity contribution in [1.29, 1.82) is 5.41 Å². The van der Waals surface area contributed by atoms with Gasteiger partial charge in [0.15, 0.2) is 11.5 Å². The fourth-order valence-corrected chi connectivity index (χ4v) is 3.45. The fourth-order valence-electron chi connectivity index (χ4n) is 3.45. The number of aromatic nitrogens is 2. The molecule has 3 aromatic rings. The molecule has 0 aliphatic carbocycles. The number of amidine groups is 2. The quantitative estimate of drug-likeness (QED) is 0.199. The highest BCUT2D eigenvalue weighted by atomic mass is 19.1. The van der Waals surface area contributed by atoms with Gasteiger partial charge in [-0.1, -0.05) is 0 Å². The Hall–Kier alpha value is -4.41. The number of hydrazone groups is 1. The van der Waals surface area contributed by atoms with Crippen LogP contribution in [0.3, 0.4) is 0 Å². The number of nitrogens with one attached hydrogen (secondary N) is 3. The minimum atomic E-state index is -0.871. The largest absolute Gasteiger partial charge is 0.493 e. The first-order valence-electron chi connectivity index (χ1n) is 10.1. The average Bonchev–Trinajstić information content (AvgIpc) is 3.33. The number of rotatable bonds is 8. The number of halogens is 1. The zero-order valence-corrected chi connectivity index (χ0v) is 17.8. The summed E-state index contributed by atoms with van der Waals surface area (Å²) in [5, 5.41) is 14.9. The number of benzene rings is 2. The van der Waals surface area contributed by atoms with E-state index in [0.29, 0.717) is 41.3 Å². The molecule has 0 amide bonds. The Bertz CT molecular complexity index is 1190. The van der Waals surface area contributed by atoms with E-state index in [-0.39, 0.29) is 23.2 Å². The van der Waals surface area contributed by atoms with Crippen LogP contribution in [-0.2, 0) is 6.42 Å². The lowest BCUT2D eigenvalue weighted by Gasteiger charge is -2.22. The zero-order chi connectivity index (χ0) is 23.4. The average molecular weight is 450 g/mol. The molecule has 170 valence electrons. The van der Waals surface area contributed by atoms with Crippen LogP contribution in [0.1, 0.15) is 22.7 Å². The van der Waals surface area contributed by atoms with Gasteiger partial charge in [-0.2, -0.15) is 5.10 Å². The number of nitrogen functional groups attached to an aromatic ring is 1. The van der Waals surface area contributed by atoms with Gasteiger partial charge in [-0.3, -0.25) is 5.41 Å². The number of methoxy groups -OCH3 is 1. The summed E-state index contributed by atoms with van der Waals surface area (Å²) in [7, 11) is 1.49. The van der Waals surface area contributed by atoms with E-state index in [0.717, 1.165) is 0 Å². The van der Waals surface area contributed by atoms with Crippen molar-refractivity contribution in [2.45, 2.75) is 12.5 Å². The molecule has 2 aromatic carbocycles. The SMILES string of the molecule is COc1cc(C(Nc2ccc(C(=N)N)cc2)/C(N)=N/Nc2ncccn2)c(F)c2c1OCC2. The molecule has 11 heteroatoms. The lowest BCUT2D eigenvalue weighted by atomic mass is 9.99. The second-order valence-corrected chi connectivity index (χ2v) is 7.18. The Morgan fingerprint density at radius 2 is 1.97 bits per heavy atom. The van der Waals surface area contributed by atoms with Gasteiger partial charge in [-0.15, -0.1) is 0 Å². The Balaban J connectivity index is 1.73. The van der Waals surface area contributed by atoms with Crippen molar-refractivity contribution in [3.8, 4) is 11.5 Å². The molecule has 0 radical (unpaired) electrons. The van der Waals surface area contributed by atoms with E-state index in [1.807, 2.05) is 0 Å². The maximum atomic E-state index is 15.6. The summed E-state index contributed by atoms with van der Waals surface area (Å²) >= 11 is 0. The van der Waals surface area contributed by atoms with Gasteiger partial charge in [0.2, 0.25) is 5.95 Å². The van der Waals surface area contributed by atoms with Crippen molar-refractivity contribution in [3.63, 3.8) is 0 Å². The minimum absolute atomic E-state index is 0.0397. The predicted molar refractivity (Wildman–Crippen MR) is 123 cm³/mol. The lowest BCUT2D eigenvalue weighted by Crippen LogP contribution is -2.30. The van der Waals surface area contributed by atoms with E-state index in [1.54, 1.807) is 48.8 Å². The van der Waals surface area contributed by atoms with E-state index in [2.05, 4.69) is 25.8 Å². The summed E-state index contributed by atoms with van der Waals surface area (Å²) in [6.45, 7) is 0.368. The molecule has 1 aliphatic rings. The fraction of sp³-hybridized carbons (Fsp3) is 0.182. The van der Waals surface area contributed by atoms with Gasteiger partial charge in [0.05, 0.1) is 13.7 Å². The van der Waals surface area contributed by atoms with Crippen molar-refractivity contribution in [2.75, 3.05) is 24.5 Å². The van der Waals surface area contributed by atoms with Crippen LogP contribution in [0.15, 0.2) is 53.9 Å². The normalized spacial score (nSPS) is 13.6. The van der Waals surface area contributed by atoms with Gasteiger partial charge in [0, 0.05) is 41.2 Å². The first-order chi connectivity index (χ1) is 16.0. The molecule has 0 fully saturated rings. The number of nitrogens with zero attached hydrogens (tertiary/aromatic N) is 3. The summed E-state index contributed by atoms with van der Waals surface area (Å²) in [5.74, 6) is 0.582. The first-order valence-corrected chi connectivity index (χ1v) is 10.1. The van der Waals surface area contributed by atoms with Gasteiger partial charge < -0.3 is 26.3 Å². The number of nitrogens with two attached hydrogens (primary N) is 2. The van der Waals surface area contributed by atoms with E-state index in [4.69, 9.17) is 26.4 Å². The van der Waals surface area contributed by atoms with Crippen LogP contribution in [-0.4, -0.2) is 35.4 Å². The molecule has 1 aliphatic heterocycles. The number of hydrogen-bond donors (Lipinski definition) is 5.